The minimum Gasteiger partial charge on any atom is -0.484 e. The average molecular weight is 337 g/mol. The van der Waals surface area contributed by atoms with Crippen LogP contribution in [0.25, 0.3) is 10.8 Å². The Hall–Kier alpha value is -3.03. The number of nitrogens with zero attached hydrogens (tertiary/aromatic N) is 1. The van der Waals surface area contributed by atoms with E-state index in [9.17, 15) is 4.79 Å². The Morgan fingerprint density at radius 3 is 2.62 bits per heavy atom. The molecule has 0 unspecified atom stereocenters. The predicted octanol–water partition coefficient (Wildman–Crippen LogP) is 4.38. The molecular weight excluding hydrogens is 324 g/mol. The number of rotatable bonds is 4. The van der Waals surface area contributed by atoms with Crippen molar-refractivity contribution in [2.24, 2.45) is 0 Å². The van der Waals surface area contributed by atoms with Gasteiger partial charge in [-0.05, 0) is 41.1 Å². The summed E-state index contributed by atoms with van der Waals surface area (Å²) in [6.07, 6.45) is 0. The molecule has 0 atom stereocenters. The first-order chi connectivity index (χ1) is 11.7. The van der Waals surface area contributed by atoms with E-state index in [0.717, 1.165) is 10.8 Å². The molecule has 0 aliphatic heterocycles. The van der Waals surface area contributed by atoms with Crippen LogP contribution in [-0.4, -0.2) is 12.5 Å². The fourth-order valence-electron chi connectivity index (χ4n) is 2.29. The zero-order valence-electron chi connectivity index (χ0n) is 12.6. The molecule has 3 aromatic carbocycles. The topological polar surface area (TPSA) is 62.1 Å². The maximum Gasteiger partial charge on any atom is 0.262 e. The second-order valence-corrected chi connectivity index (χ2v) is 5.56. The van der Waals surface area contributed by atoms with Gasteiger partial charge < -0.3 is 10.1 Å². The zero-order valence-corrected chi connectivity index (χ0v) is 13.4. The van der Waals surface area contributed by atoms with Gasteiger partial charge in [0.1, 0.15) is 11.8 Å². The number of nitriles is 1. The molecule has 3 aromatic rings. The Morgan fingerprint density at radius 2 is 1.88 bits per heavy atom. The molecule has 0 spiro atoms. The van der Waals surface area contributed by atoms with Crippen molar-refractivity contribution in [1.29, 1.82) is 5.26 Å². The first-order valence-electron chi connectivity index (χ1n) is 7.27. The number of fused-ring (bicyclic) bond motifs is 1. The summed E-state index contributed by atoms with van der Waals surface area (Å²) < 4.78 is 5.53. The lowest BCUT2D eigenvalue weighted by Crippen LogP contribution is -2.20. The summed E-state index contributed by atoms with van der Waals surface area (Å²) in [4.78, 5) is 12.0. The summed E-state index contributed by atoms with van der Waals surface area (Å²) in [5.74, 6) is 0.325. The van der Waals surface area contributed by atoms with Gasteiger partial charge in [-0.25, -0.2) is 0 Å². The Kier molecular flexibility index (Phi) is 4.64. The minimum atomic E-state index is -0.302. The van der Waals surface area contributed by atoms with Crippen LogP contribution in [-0.2, 0) is 4.79 Å². The summed E-state index contributed by atoms with van der Waals surface area (Å²) in [6.45, 7) is -0.115. The third kappa shape index (κ3) is 3.65. The first-order valence-corrected chi connectivity index (χ1v) is 7.64. The fraction of sp³-hybridized carbons (Fsp3) is 0.0526. The molecule has 0 aromatic heterocycles. The molecule has 0 saturated carbocycles. The van der Waals surface area contributed by atoms with E-state index < -0.39 is 0 Å². The van der Waals surface area contributed by atoms with Crippen molar-refractivity contribution in [3.63, 3.8) is 0 Å². The molecule has 0 aliphatic carbocycles. The molecule has 3 rings (SSSR count). The normalized spacial score (nSPS) is 10.2. The highest BCUT2D eigenvalue weighted by Crippen LogP contribution is 2.21. The largest absolute Gasteiger partial charge is 0.484 e. The maximum atomic E-state index is 12.0. The summed E-state index contributed by atoms with van der Waals surface area (Å²) in [7, 11) is 0. The summed E-state index contributed by atoms with van der Waals surface area (Å²) >= 11 is 5.94. The van der Waals surface area contributed by atoms with Crippen LogP contribution in [0.5, 0.6) is 5.75 Å². The second-order valence-electron chi connectivity index (χ2n) is 5.15. The minimum absolute atomic E-state index is 0.115. The Bertz CT molecular complexity index is 947. The van der Waals surface area contributed by atoms with E-state index >= 15 is 0 Å². The van der Waals surface area contributed by atoms with Crippen LogP contribution in [0.1, 0.15) is 5.56 Å². The maximum absolute atomic E-state index is 12.0. The number of ether oxygens (including phenoxy) is 1. The molecule has 24 heavy (non-hydrogen) atoms. The van der Waals surface area contributed by atoms with E-state index in [1.54, 1.807) is 12.1 Å². The van der Waals surface area contributed by atoms with Gasteiger partial charge in [0.05, 0.1) is 10.6 Å². The van der Waals surface area contributed by atoms with Crippen molar-refractivity contribution < 1.29 is 9.53 Å². The molecule has 5 heteroatoms. The SMILES string of the molecule is N#Cc1ccc(NC(=O)COc2ccc3ccccc3c2)cc1Cl. The van der Waals surface area contributed by atoms with Gasteiger partial charge >= 0.3 is 0 Å². The highest BCUT2D eigenvalue weighted by molar-refractivity contribution is 6.32. The van der Waals surface area contributed by atoms with Crippen LogP contribution in [0.4, 0.5) is 5.69 Å². The predicted molar refractivity (Wildman–Crippen MR) is 94.2 cm³/mol. The molecule has 0 fully saturated rings. The third-order valence-corrected chi connectivity index (χ3v) is 3.78. The molecule has 4 nitrogen and oxygen atoms in total. The molecule has 1 N–H and O–H groups in total. The number of benzene rings is 3. The molecule has 0 saturated heterocycles. The van der Waals surface area contributed by atoms with Gasteiger partial charge in [-0.3, -0.25) is 4.79 Å². The van der Waals surface area contributed by atoms with Gasteiger partial charge in [0.2, 0.25) is 0 Å². The number of halogens is 1. The fourth-order valence-corrected chi connectivity index (χ4v) is 2.51. The van der Waals surface area contributed by atoms with E-state index in [-0.39, 0.29) is 12.5 Å². The second kappa shape index (κ2) is 7.03. The van der Waals surface area contributed by atoms with Crippen molar-refractivity contribution in [1.82, 2.24) is 0 Å². The molecule has 0 heterocycles. The highest BCUT2D eigenvalue weighted by atomic mass is 35.5. The van der Waals surface area contributed by atoms with Crippen molar-refractivity contribution in [2.45, 2.75) is 0 Å². The van der Waals surface area contributed by atoms with Crippen molar-refractivity contribution in [3.05, 3.63) is 71.2 Å². The van der Waals surface area contributed by atoms with E-state index in [1.165, 1.54) is 6.07 Å². The summed E-state index contributed by atoms with van der Waals surface area (Å²) in [5.41, 5.74) is 0.883. The van der Waals surface area contributed by atoms with E-state index in [0.29, 0.717) is 22.0 Å². The number of anilines is 1. The lowest BCUT2D eigenvalue weighted by atomic mass is 10.1. The van der Waals surface area contributed by atoms with Crippen LogP contribution >= 0.6 is 11.6 Å². The van der Waals surface area contributed by atoms with E-state index in [2.05, 4.69) is 5.32 Å². The molecule has 0 bridgehead atoms. The van der Waals surface area contributed by atoms with Crippen molar-refractivity contribution in [3.8, 4) is 11.8 Å². The van der Waals surface area contributed by atoms with Crippen LogP contribution in [0.15, 0.2) is 60.7 Å². The van der Waals surface area contributed by atoms with Gasteiger partial charge in [0, 0.05) is 5.69 Å². The lowest BCUT2D eigenvalue weighted by molar-refractivity contribution is -0.118. The first kappa shape index (κ1) is 15.9. The van der Waals surface area contributed by atoms with Gasteiger partial charge in [-0.15, -0.1) is 0 Å². The van der Waals surface area contributed by atoms with E-state index in [4.69, 9.17) is 21.6 Å². The Morgan fingerprint density at radius 1 is 1.08 bits per heavy atom. The summed E-state index contributed by atoms with van der Waals surface area (Å²) in [5, 5.41) is 14.0. The van der Waals surface area contributed by atoms with Gasteiger partial charge in [-0.1, -0.05) is 41.9 Å². The number of hydrogen-bond acceptors (Lipinski definition) is 3. The Balaban J connectivity index is 1.62. The monoisotopic (exact) mass is 336 g/mol. The third-order valence-electron chi connectivity index (χ3n) is 3.46. The highest BCUT2D eigenvalue weighted by Gasteiger charge is 2.06. The Labute approximate surface area is 144 Å². The molecular formula is C19H13ClN2O2. The van der Waals surface area contributed by atoms with Gasteiger partial charge in [-0.2, -0.15) is 5.26 Å². The molecule has 0 radical (unpaired) electrons. The number of carbonyl (C=O) groups is 1. The standard InChI is InChI=1S/C19H13ClN2O2/c20-18-10-16(7-5-15(18)11-21)22-19(23)12-24-17-8-6-13-3-1-2-4-14(13)9-17/h1-10H,12H2,(H,22,23). The van der Waals surface area contributed by atoms with Crippen molar-refractivity contribution >= 4 is 34.0 Å². The lowest BCUT2D eigenvalue weighted by Gasteiger charge is -2.09. The zero-order chi connectivity index (χ0) is 16.9. The van der Waals surface area contributed by atoms with E-state index in [1.807, 2.05) is 48.5 Å². The number of nitrogens with one attached hydrogen (secondary N) is 1. The number of carbonyl (C=O) groups excluding carboxylic acids is 1. The van der Waals surface area contributed by atoms with Crippen LogP contribution in [0.2, 0.25) is 5.02 Å². The molecule has 0 aliphatic rings. The quantitative estimate of drug-likeness (QED) is 0.769. The smallest absolute Gasteiger partial charge is 0.262 e. The number of hydrogen-bond donors (Lipinski definition) is 1. The van der Waals surface area contributed by atoms with Gasteiger partial charge in [0.15, 0.2) is 6.61 Å². The van der Waals surface area contributed by atoms with Gasteiger partial charge in [0.25, 0.3) is 5.91 Å². The average Bonchev–Trinajstić information content (AvgIpc) is 2.60. The van der Waals surface area contributed by atoms with Crippen LogP contribution in [0, 0.1) is 11.3 Å². The van der Waals surface area contributed by atoms with Crippen LogP contribution < -0.4 is 10.1 Å². The van der Waals surface area contributed by atoms with Crippen LogP contribution in [0.3, 0.4) is 0 Å². The molecule has 1 amide bonds. The molecule has 118 valence electrons. The van der Waals surface area contributed by atoms with Crippen molar-refractivity contribution in [2.75, 3.05) is 11.9 Å². The number of amides is 1. The summed E-state index contributed by atoms with van der Waals surface area (Å²) in [6, 6.07) is 20.3.